The van der Waals surface area contributed by atoms with E-state index in [1.165, 1.54) is 69.5 Å². The van der Waals surface area contributed by atoms with E-state index in [9.17, 15) is 0 Å². The van der Waals surface area contributed by atoms with Gasteiger partial charge >= 0.3 is 0 Å². The molecule has 0 spiro atoms. The van der Waals surface area contributed by atoms with Crippen LogP contribution < -0.4 is 5.32 Å². The van der Waals surface area contributed by atoms with Crippen molar-refractivity contribution in [1.82, 2.24) is 15.1 Å². The van der Waals surface area contributed by atoms with E-state index >= 15 is 0 Å². The molecule has 4 rings (SSSR count). The third-order valence-corrected chi connectivity index (χ3v) is 6.86. The van der Waals surface area contributed by atoms with E-state index in [1.807, 2.05) is 6.21 Å². The van der Waals surface area contributed by atoms with Crippen LogP contribution in [-0.2, 0) is 6.54 Å². The van der Waals surface area contributed by atoms with Gasteiger partial charge in [-0.2, -0.15) is 0 Å². The fraction of sp³-hybridized carbons (Fsp3) is 0.560. The lowest BCUT2D eigenvalue weighted by Crippen LogP contribution is -2.61. The topological polar surface area (TPSA) is 30.9 Å². The first-order valence-corrected chi connectivity index (χ1v) is 11.4. The fourth-order valence-electron chi connectivity index (χ4n) is 5.05. The molecule has 0 atom stereocenters. The molecule has 1 aromatic rings. The summed E-state index contributed by atoms with van der Waals surface area (Å²) in [5.74, 6) is 0. The summed E-state index contributed by atoms with van der Waals surface area (Å²) in [5, 5.41) is 3.76. The van der Waals surface area contributed by atoms with Crippen molar-refractivity contribution in [2.24, 2.45) is 4.99 Å². The van der Waals surface area contributed by atoms with Gasteiger partial charge in [-0.05, 0) is 31.7 Å². The van der Waals surface area contributed by atoms with Gasteiger partial charge in [0, 0.05) is 62.4 Å². The molecule has 1 aliphatic carbocycles. The van der Waals surface area contributed by atoms with Gasteiger partial charge in [-0.15, -0.1) is 0 Å². The number of nitrogens with one attached hydrogen (secondary N) is 1. The second-order valence-electron chi connectivity index (χ2n) is 8.89. The Balaban J connectivity index is 1.36. The zero-order valence-corrected chi connectivity index (χ0v) is 17.9. The third-order valence-electron chi connectivity index (χ3n) is 6.86. The second-order valence-corrected chi connectivity index (χ2v) is 8.89. The Morgan fingerprint density at radius 3 is 2.48 bits per heavy atom. The smallest absolute Gasteiger partial charge is 0.0499 e. The summed E-state index contributed by atoms with van der Waals surface area (Å²) in [5.41, 5.74) is 4.03. The Morgan fingerprint density at radius 2 is 1.72 bits per heavy atom. The lowest BCUT2D eigenvalue weighted by molar-refractivity contribution is 0.00740. The van der Waals surface area contributed by atoms with Gasteiger partial charge in [0.25, 0.3) is 0 Å². The van der Waals surface area contributed by atoms with Crippen LogP contribution in [0.3, 0.4) is 0 Å². The van der Waals surface area contributed by atoms with Crippen LogP contribution in [0.5, 0.6) is 0 Å². The molecule has 1 saturated heterocycles. The molecule has 1 aromatic carbocycles. The standard InChI is InChI=1S/C25H36N4/c1-22-9-8-12-24(19-26-22)27-21-25(13-6-3-7-14-25)29-17-15-28(16-18-29)20-23-10-4-2-5-11-23/h2,4-5,9-12,19,27H,3,6-8,13-18,20-21H2,1H3. The van der Waals surface area contributed by atoms with Crippen molar-refractivity contribution in [3.63, 3.8) is 0 Å². The minimum atomic E-state index is 0.306. The lowest BCUT2D eigenvalue weighted by Gasteiger charge is -2.50. The van der Waals surface area contributed by atoms with E-state index in [2.05, 4.69) is 69.5 Å². The Kier molecular flexibility index (Phi) is 6.83. The van der Waals surface area contributed by atoms with Crippen LogP contribution in [0, 0.1) is 0 Å². The number of aliphatic imine (C=N–C) groups is 1. The monoisotopic (exact) mass is 392 g/mol. The van der Waals surface area contributed by atoms with Crippen molar-refractivity contribution in [1.29, 1.82) is 0 Å². The summed E-state index contributed by atoms with van der Waals surface area (Å²) in [6, 6.07) is 10.9. The maximum atomic E-state index is 4.54. The summed E-state index contributed by atoms with van der Waals surface area (Å²) in [7, 11) is 0. The molecule has 2 heterocycles. The first-order chi connectivity index (χ1) is 14.2. The number of nitrogens with zero attached hydrogens (tertiary/aromatic N) is 3. The maximum Gasteiger partial charge on any atom is 0.0499 e. The van der Waals surface area contributed by atoms with Crippen LogP contribution >= 0.6 is 0 Å². The SMILES string of the molecule is CC1=CCC=C(NCC2(N3CCN(Cc4ccccc4)CC3)CCCCC2)C=N1. The van der Waals surface area contributed by atoms with Gasteiger partial charge in [-0.3, -0.25) is 14.8 Å². The predicted molar refractivity (Wildman–Crippen MR) is 122 cm³/mol. The molecule has 3 aliphatic rings. The highest BCUT2D eigenvalue weighted by atomic mass is 15.3. The molecule has 156 valence electrons. The zero-order chi connectivity index (χ0) is 19.9. The van der Waals surface area contributed by atoms with Gasteiger partial charge in [0.2, 0.25) is 0 Å². The maximum absolute atomic E-state index is 4.54. The van der Waals surface area contributed by atoms with Crippen molar-refractivity contribution in [3.8, 4) is 0 Å². The van der Waals surface area contributed by atoms with E-state index in [0.29, 0.717) is 5.54 Å². The highest BCUT2D eigenvalue weighted by molar-refractivity contribution is 5.79. The first-order valence-electron chi connectivity index (χ1n) is 11.4. The van der Waals surface area contributed by atoms with Crippen molar-refractivity contribution in [3.05, 3.63) is 59.4 Å². The normalized spacial score (nSPS) is 23.2. The molecule has 0 unspecified atom stereocenters. The van der Waals surface area contributed by atoms with Crippen molar-refractivity contribution < 1.29 is 0 Å². The molecule has 4 heteroatoms. The molecule has 29 heavy (non-hydrogen) atoms. The number of benzene rings is 1. The van der Waals surface area contributed by atoms with Crippen LogP contribution in [0.4, 0.5) is 0 Å². The van der Waals surface area contributed by atoms with Crippen LogP contribution in [0.25, 0.3) is 0 Å². The Bertz CT molecular complexity index is 735. The fourth-order valence-corrected chi connectivity index (χ4v) is 5.05. The van der Waals surface area contributed by atoms with Crippen LogP contribution in [0.2, 0.25) is 0 Å². The molecule has 0 bridgehead atoms. The summed E-state index contributed by atoms with van der Waals surface area (Å²) in [6.45, 7) is 8.90. The zero-order valence-electron chi connectivity index (χ0n) is 17.9. The molecule has 4 nitrogen and oxygen atoms in total. The van der Waals surface area contributed by atoms with Crippen LogP contribution in [-0.4, -0.2) is 54.3 Å². The molecule has 2 fully saturated rings. The summed E-state index contributed by atoms with van der Waals surface area (Å²) < 4.78 is 0. The predicted octanol–water partition coefficient (Wildman–Crippen LogP) is 4.36. The Labute approximate surface area is 176 Å². The third kappa shape index (κ3) is 5.37. The van der Waals surface area contributed by atoms with Crippen molar-refractivity contribution in [2.75, 3.05) is 32.7 Å². The molecular formula is C25H36N4. The summed E-state index contributed by atoms with van der Waals surface area (Å²) in [4.78, 5) is 9.96. The van der Waals surface area contributed by atoms with Crippen LogP contribution in [0.1, 0.15) is 51.0 Å². The Hall–Kier alpha value is -1.91. The van der Waals surface area contributed by atoms with Crippen molar-refractivity contribution in [2.45, 2.75) is 57.5 Å². The van der Waals surface area contributed by atoms with Crippen LogP contribution in [0.15, 0.2) is 58.9 Å². The second kappa shape index (κ2) is 9.73. The van der Waals surface area contributed by atoms with E-state index in [0.717, 1.165) is 25.2 Å². The van der Waals surface area contributed by atoms with Gasteiger partial charge in [0.05, 0.1) is 0 Å². The Morgan fingerprint density at radius 1 is 0.966 bits per heavy atom. The summed E-state index contributed by atoms with van der Waals surface area (Å²) in [6.07, 6.45) is 14.2. The highest BCUT2D eigenvalue weighted by Crippen LogP contribution is 2.34. The molecule has 1 N–H and O–H groups in total. The first kappa shape index (κ1) is 20.4. The van der Waals surface area contributed by atoms with Gasteiger partial charge in [-0.25, -0.2) is 0 Å². The molecule has 0 aromatic heterocycles. The van der Waals surface area contributed by atoms with E-state index < -0.39 is 0 Å². The van der Waals surface area contributed by atoms with Gasteiger partial charge < -0.3 is 5.32 Å². The molecule has 2 aliphatic heterocycles. The average molecular weight is 393 g/mol. The minimum Gasteiger partial charge on any atom is -0.382 e. The van der Waals surface area contributed by atoms with Gasteiger partial charge in [0.1, 0.15) is 0 Å². The molecule has 0 radical (unpaired) electrons. The average Bonchev–Trinajstić information content (AvgIpc) is 2.98. The molecule has 1 saturated carbocycles. The van der Waals surface area contributed by atoms with Gasteiger partial charge in [-0.1, -0.05) is 61.7 Å². The number of rotatable bonds is 6. The number of piperazine rings is 1. The highest BCUT2D eigenvalue weighted by Gasteiger charge is 2.39. The minimum absolute atomic E-state index is 0.306. The van der Waals surface area contributed by atoms with Gasteiger partial charge in [0.15, 0.2) is 0 Å². The summed E-state index contributed by atoms with van der Waals surface area (Å²) >= 11 is 0. The quantitative estimate of drug-likeness (QED) is 0.780. The van der Waals surface area contributed by atoms with E-state index in [1.54, 1.807) is 0 Å². The number of hydrogen-bond donors (Lipinski definition) is 1. The van der Waals surface area contributed by atoms with E-state index in [4.69, 9.17) is 0 Å². The van der Waals surface area contributed by atoms with Crippen molar-refractivity contribution >= 4 is 6.21 Å². The molecule has 0 amide bonds. The number of hydrogen-bond acceptors (Lipinski definition) is 4. The van der Waals surface area contributed by atoms with E-state index in [-0.39, 0.29) is 0 Å². The molecular weight excluding hydrogens is 356 g/mol. The lowest BCUT2D eigenvalue weighted by atomic mass is 9.79. The largest absolute Gasteiger partial charge is 0.382 e. The number of allylic oxidation sites excluding steroid dienone is 4.